The number of rotatable bonds is 7. The van der Waals surface area contributed by atoms with Crippen LogP contribution in [0.2, 0.25) is 0 Å². The number of halogens is 1. The maximum absolute atomic E-state index is 13.2. The second kappa shape index (κ2) is 8.44. The van der Waals surface area contributed by atoms with Gasteiger partial charge in [-0.05, 0) is 54.8 Å². The van der Waals surface area contributed by atoms with Crippen molar-refractivity contribution in [1.29, 1.82) is 0 Å². The number of carbonyl (C=O) groups is 2. The molecule has 0 aliphatic heterocycles. The van der Waals surface area contributed by atoms with Crippen molar-refractivity contribution in [2.75, 3.05) is 11.9 Å². The molecule has 0 heterocycles. The summed E-state index contributed by atoms with van der Waals surface area (Å²) in [4.78, 5) is 22.7. The van der Waals surface area contributed by atoms with Gasteiger partial charge in [0.05, 0.1) is 12.5 Å². The molecule has 0 radical (unpaired) electrons. The van der Waals surface area contributed by atoms with Crippen molar-refractivity contribution in [1.82, 2.24) is 0 Å². The average molecular weight is 361 g/mol. The highest BCUT2D eigenvalue weighted by Crippen LogP contribution is 2.27. The summed E-state index contributed by atoms with van der Waals surface area (Å²) in [5, 5.41) is 21.4. The van der Waals surface area contributed by atoms with Crippen LogP contribution in [0, 0.1) is 19.7 Å². The minimum atomic E-state index is -1.12. The van der Waals surface area contributed by atoms with Gasteiger partial charge in [0.2, 0.25) is 5.91 Å². The summed E-state index contributed by atoms with van der Waals surface area (Å²) in [5.41, 5.74) is 2.17. The topological polar surface area (TPSA) is 95.9 Å². The number of aliphatic hydroxyl groups is 1. The first-order valence-electron chi connectivity index (χ1n) is 7.95. The highest BCUT2D eigenvalue weighted by atomic mass is 19.1. The number of hydrogen-bond acceptors (Lipinski definition) is 4. The van der Waals surface area contributed by atoms with Gasteiger partial charge in [-0.25, -0.2) is 9.18 Å². The molecule has 1 amide bonds. The lowest BCUT2D eigenvalue weighted by atomic mass is 10.1. The van der Waals surface area contributed by atoms with Crippen LogP contribution in [0.4, 0.5) is 10.1 Å². The highest BCUT2D eigenvalue weighted by molar-refractivity contribution is 5.91. The van der Waals surface area contributed by atoms with Crippen molar-refractivity contribution < 1.29 is 28.9 Å². The van der Waals surface area contributed by atoms with Crippen LogP contribution in [0.15, 0.2) is 36.4 Å². The van der Waals surface area contributed by atoms with E-state index in [1.165, 1.54) is 18.2 Å². The van der Waals surface area contributed by atoms with Gasteiger partial charge >= 0.3 is 5.97 Å². The van der Waals surface area contributed by atoms with Crippen LogP contribution < -0.4 is 10.1 Å². The molecule has 6 nitrogen and oxygen atoms in total. The van der Waals surface area contributed by atoms with E-state index in [9.17, 15) is 19.1 Å². The lowest BCUT2D eigenvalue weighted by Crippen LogP contribution is -2.16. The predicted molar refractivity (Wildman–Crippen MR) is 93.7 cm³/mol. The third-order valence-electron chi connectivity index (χ3n) is 3.70. The number of aliphatic carboxylic acids is 1. The molecule has 7 heteroatoms. The van der Waals surface area contributed by atoms with E-state index < -0.39 is 30.4 Å². The van der Waals surface area contributed by atoms with Crippen LogP contribution in [-0.2, 0) is 9.59 Å². The molecule has 0 bridgehead atoms. The number of carboxylic acid groups (broad SMARTS) is 1. The van der Waals surface area contributed by atoms with Crippen LogP contribution in [-0.4, -0.2) is 28.7 Å². The quantitative estimate of drug-likeness (QED) is 0.705. The second-order valence-corrected chi connectivity index (χ2v) is 5.94. The first-order chi connectivity index (χ1) is 12.3. The van der Waals surface area contributed by atoms with Gasteiger partial charge < -0.3 is 20.3 Å². The number of aliphatic hydroxyl groups excluding tert-OH is 1. The van der Waals surface area contributed by atoms with Gasteiger partial charge in [0.1, 0.15) is 11.6 Å². The summed E-state index contributed by atoms with van der Waals surface area (Å²) in [6.45, 7) is 3.02. The molecule has 2 aromatic carbocycles. The number of ether oxygens (including phenoxy) is 1. The van der Waals surface area contributed by atoms with Crippen molar-refractivity contribution in [2.45, 2.75) is 26.4 Å². The molecule has 2 rings (SSSR count). The van der Waals surface area contributed by atoms with Crippen LogP contribution in [0.5, 0.6) is 5.75 Å². The Morgan fingerprint density at radius 3 is 2.42 bits per heavy atom. The maximum Gasteiger partial charge on any atom is 0.341 e. The van der Waals surface area contributed by atoms with Crippen LogP contribution >= 0.6 is 0 Å². The zero-order valence-corrected chi connectivity index (χ0v) is 14.5. The maximum atomic E-state index is 13.2. The van der Waals surface area contributed by atoms with Gasteiger partial charge in [-0.3, -0.25) is 4.79 Å². The molecule has 0 saturated carbocycles. The minimum absolute atomic E-state index is 0.223. The fourth-order valence-electron chi connectivity index (χ4n) is 2.60. The van der Waals surface area contributed by atoms with E-state index in [0.29, 0.717) is 28.1 Å². The van der Waals surface area contributed by atoms with Crippen LogP contribution in [0.3, 0.4) is 0 Å². The number of aryl methyl sites for hydroxylation is 2. The zero-order valence-electron chi connectivity index (χ0n) is 14.5. The van der Waals surface area contributed by atoms with Crippen LogP contribution in [0.25, 0.3) is 0 Å². The SMILES string of the molecule is Cc1cc(NC(=O)CC(O)c2cccc(F)c2)cc(C)c1OCC(=O)O. The van der Waals surface area contributed by atoms with Crippen molar-refractivity contribution in [3.05, 3.63) is 58.9 Å². The highest BCUT2D eigenvalue weighted by Gasteiger charge is 2.15. The monoisotopic (exact) mass is 361 g/mol. The lowest BCUT2D eigenvalue weighted by molar-refractivity contribution is -0.139. The summed E-state index contributed by atoms with van der Waals surface area (Å²) in [6.07, 6.45) is -1.34. The number of carbonyl (C=O) groups excluding carboxylic acids is 1. The molecule has 0 spiro atoms. The Balaban J connectivity index is 2.03. The summed E-state index contributed by atoms with van der Waals surface area (Å²) >= 11 is 0. The molecule has 26 heavy (non-hydrogen) atoms. The van der Waals surface area contributed by atoms with Crippen LogP contribution in [0.1, 0.15) is 29.2 Å². The molecule has 2 aromatic rings. The first-order valence-corrected chi connectivity index (χ1v) is 7.95. The molecule has 0 saturated heterocycles. The van der Waals surface area contributed by atoms with Gasteiger partial charge in [-0.1, -0.05) is 12.1 Å². The number of amides is 1. The Kier molecular flexibility index (Phi) is 6.30. The molecular weight excluding hydrogens is 341 g/mol. The summed E-state index contributed by atoms with van der Waals surface area (Å²) in [6, 6.07) is 8.75. The molecule has 0 aliphatic rings. The van der Waals surface area contributed by atoms with E-state index in [1.54, 1.807) is 32.0 Å². The fraction of sp³-hybridized carbons (Fsp3) is 0.263. The number of carboxylic acids is 1. The summed E-state index contributed by atoms with van der Waals surface area (Å²) < 4.78 is 18.4. The zero-order chi connectivity index (χ0) is 19.3. The Hall–Kier alpha value is -2.93. The van der Waals surface area contributed by atoms with Crippen molar-refractivity contribution in [3.8, 4) is 5.75 Å². The van der Waals surface area contributed by atoms with E-state index in [2.05, 4.69) is 5.32 Å². The fourth-order valence-corrected chi connectivity index (χ4v) is 2.60. The van der Waals surface area contributed by atoms with E-state index in [-0.39, 0.29) is 6.42 Å². The Morgan fingerprint density at radius 1 is 1.19 bits per heavy atom. The Labute approximate surface area is 150 Å². The second-order valence-electron chi connectivity index (χ2n) is 5.94. The molecule has 0 aliphatic carbocycles. The number of nitrogens with one attached hydrogen (secondary N) is 1. The summed E-state index contributed by atoms with van der Waals surface area (Å²) in [7, 11) is 0. The van der Waals surface area contributed by atoms with Gasteiger partial charge in [0, 0.05) is 5.69 Å². The number of benzene rings is 2. The van der Waals surface area contributed by atoms with Gasteiger partial charge in [-0.2, -0.15) is 0 Å². The van der Waals surface area contributed by atoms with Gasteiger partial charge in [-0.15, -0.1) is 0 Å². The van der Waals surface area contributed by atoms with Crippen molar-refractivity contribution in [3.63, 3.8) is 0 Å². The molecule has 1 unspecified atom stereocenters. The van der Waals surface area contributed by atoms with E-state index in [0.717, 1.165) is 0 Å². The van der Waals surface area contributed by atoms with Crippen molar-refractivity contribution in [2.24, 2.45) is 0 Å². The third-order valence-corrected chi connectivity index (χ3v) is 3.70. The largest absolute Gasteiger partial charge is 0.481 e. The number of anilines is 1. The van der Waals surface area contributed by atoms with E-state index >= 15 is 0 Å². The first kappa shape index (κ1) is 19.4. The lowest BCUT2D eigenvalue weighted by Gasteiger charge is -2.15. The number of hydrogen-bond donors (Lipinski definition) is 3. The van der Waals surface area contributed by atoms with Gasteiger partial charge in [0.15, 0.2) is 6.61 Å². The minimum Gasteiger partial charge on any atom is -0.481 e. The van der Waals surface area contributed by atoms with E-state index in [4.69, 9.17) is 9.84 Å². The Morgan fingerprint density at radius 2 is 1.85 bits per heavy atom. The summed E-state index contributed by atoms with van der Waals surface area (Å²) in [5.74, 6) is -1.54. The molecule has 0 fully saturated rings. The van der Waals surface area contributed by atoms with E-state index in [1.807, 2.05) is 0 Å². The molecule has 0 aromatic heterocycles. The molecule has 138 valence electrons. The molecular formula is C19H20FNO5. The third kappa shape index (κ3) is 5.29. The van der Waals surface area contributed by atoms with Crippen molar-refractivity contribution >= 4 is 17.6 Å². The smallest absolute Gasteiger partial charge is 0.341 e. The predicted octanol–water partition coefficient (Wildman–Crippen LogP) is 2.97. The molecule has 3 N–H and O–H groups in total. The molecule has 1 atom stereocenters. The average Bonchev–Trinajstić information content (AvgIpc) is 2.53. The van der Waals surface area contributed by atoms with Gasteiger partial charge in [0.25, 0.3) is 0 Å². The normalized spacial score (nSPS) is 11.7. The Bertz CT molecular complexity index is 798. The standard InChI is InChI=1S/C19H20FNO5/c1-11-6-15(7-12(2)19(11)26-10-18(24)25)21-17(23)9-16(22)13-4-3-5-14(20)8-13/h3-8,16,22H,9-10H2,1-2H3,(H,21,23)(H,24,25).